The number of halogens is 1. The Morgan fingerprint density at radius 3 is 2.61 bits per heavy atom. The van der Waals surface area contributed by atoms with Crippen LogP contribution in [0.15, 0.2) is 59.4 Å². The summed E-state index contributed by atoms with van der Waals surface area (Å²) in [5.74, 6) is -0.851. The highest BCUT2D eigenvalue weighted by Crippen LogP contribution is 2.25. The Morgan fingerprint density at radius 1 is 1.16 bits per heavy atom. The molecule has 0 fully saturated rings. The average molecular weight is 420 g/mol. The van der Waals surface area contributed by atoms with E-state index in [1.807, 2.05) is 19.1 Å². The lowest BCUT2D eigenvalue weighted by Crippen LogP contribution is -2.46. The number of rotatable bonds is 5. The molecule has 2 aromatic carbocycles. The summed E-state index contributed by atoms with van der Waals surface area (Å²) in [6.07, 6.45) is 3.28. The molecule has 0 bridgehead atoms. The molecule has 31 heavy (non-hydrogen) atoms. The Labute approximate surface area is 181 Å². The Balaban J connectivity index is 1.71. The highest BCUT2D eigenvalue weighted by atomic mass is 19.1. The summed E-state index contributed by atoms with van der Waals surface area (Å²) in [6, 6.07) is 15.8. The number of hydrogen-bond acceptors (Lipinski definition) is 3. The zero-order valence-corrected chi connectivity index (χ0v) is 17.8. The topological polar surface area (TPSA) is 55.2 Å². The van der Waals surface area contributed by atoms with Gasteiger partial charge in [0.2, 0.25) is 5.43 Å². The third-order valence-corrected chi connectivity index (χ3v) is 5.88. The van der Waals surface area contributed by atoms with Gasteiger partial charge in [-0.05, 0) is 55.9 Å². The van der Waals surface area contributed by atoms with Crippen LogP contribution in [-0.4, -0.2) is 33.2 Å². The molecule has 5 nitrogen and oxygen atoms in total. The van der Waals surface area contributed by atoms with E-state index in [-0.39, 0.29) is 23.3 Å². The van der Waals surface area contributed by atoms with E-state index in [2.05, 4.69) is 17.2 Å². The highest BCUT2D eigenvalue weighted by Gasteiger charge is 2.30. The first kappa shape index (κ1) is 21.0. The summed E-state index contributed by atoms with van der Waals surface area (Å²) in [7, 11) is 0. The lowest BCUT2D eigenvalue weighted by molar-refractivity contribution is 0.0652. The monoisotopic (exact) mass is 419 g/mol. The molecule has 1 amide bonds. The number of benzene rings is 2. The number of para-hydroxylation sites is 1. The number of carbonyl (C=O) groups is 1. The van der Waals surface area contributed by atoms with Crippen LogP contribution in [-0.2, 0) is 12.8 Å². The van der Waals surface area contributed by atoms with Crippen LogP contribution < -0.4 is 5.43 Å². The molecule has 1 aliphatic rings. The van der Waals surface area contributed by atoms with Crippen molar-refractivity contribution >= 4 is 5.91 Å². The summed E-state index contributed by atoms with van der Waals surface area (Å²) in [5.41, 5.74) is 2.64. The van der Waals surface area contributed by atoms with Crippen molar-refractivity contribution in [3.8, 4) is 5.69 Å². The van der Waals surface area contributed by atoms with E-state index in [4.69, 9.17) is 0 Å². The van der Waals surface area contributed by atoms with Gasteiger partial charge in [-0.2, -0.15) is 5.10 Å². The lowest BCUT2D eigenvalue weighted by Gasteiger charge is -2.35. The second-order valence-electron chi connectivity index (χ2n) is 8.03. The standard InChI is InChI=1S/C25H26FN3O2/c1-3-14-28(20-13-12-18-8-4-5-9-19(18)16-20)25(31)24-23(30)15-17(2)29(27-24)22-11-7-6-10-21(22)26/h4-11,15,20H,3,12-14,16H2,1-2H3. The van der Waals surface area contributed by atoms with Gasteiger partial charge in [0, 0.05) is 24.3 Å². The number of aromatic nitrogens is 2. The number of hydrogen-bond donors (Lipinski definition) is 0. The molecule has 1 unspecified atom stereocenters. The smallest absolute Gasteiger partial charge is 0.278 e. The van der Waals surface area contributed by atoms with E-state index in [0.717, 1.165) is 25.7 Å². The first-order valence-electron chi connectivity index (χ1n) is 10.7. The minimum absolute atomic E-state index is 0.00626. The van der Waals surface area contributed by atoms with Crippen molar-refractivity contribution in [3.63, 3.8) is 0 Å². The molecule has 4 rings (SSSR count). The average Bonchev–Trinajstić information content (AvgIpc) is 2.77. The molecule has 6 heteroatoms. The van der Waals surface area contributed by atoms with Crippen molar-refractivity contribution in [2.24, 2.45) is 0 Å². The van der Waals surface area contributed by atoms with Crippen molar-refractivity contribution in [2.75, 3.05) is 6.54 Å². The zero-order chi connectivity index (χ0) is 22.0. The summed E-state index contributed by atoms with van der Waals surface area (Å²) in [4.78, 5) is 28.0. The molecule has 1 heterocycles. The maximum absolute atomic E-state index is 14.4. The fraction of sp³-hybridized carbons (Fsp3) is 0.320. The maximum atomic E-state index is 14.4. The van der Waals surface area contributed by atoms with Crippen LogP contribution in [0.25, 0.3) is 5.69 Å². The van der Waals surface area contributed by atoms with Gasteiger partial charge in [0.25, 0.3) is 5.91 Å². The number of fused-ring (bicyclic) bond motifs is 1. The van der Waals surface area contributed by atoms with Crippen molar-refractivity contribution in [3.05, 3.63) is 93.2 Å². The normalized spacial score (nSPS) is 15.4. The second kappa shape index (κ2) is 8.84. The molecule has 0 aliphatic heterocycles. The molecular weight excluding hydrogens is 393 g/mol. The van der Waals surface area contributed by atoms with E-state index in [0.29, 0.717) is 12.2 Å². The van der Waals surface area contributed by atoms with Gasteiger partial charge in [0.1, 0.15) is 11.5 Å². The first-order valence-corrected chi connectivity index (χ1v) is 10.7. The van der Waals surface area contributed by atoms with Crippen LogP contribution in [0.1, 0.15) is 47.1 Å². The maximum Gasteiger partial charge on any atom is 0.278 e. The van der Waals surface area contributed by atoms with Crippen LogP contribution in [0.5, 0.6) is 0 Å². The van der Waals surface area contributed by atoms with E-state index in [1.54, 1.807) is 30.0 Å². The number of aryl methyl sites for hydroxylation is 2. The minimum Gasteiger partial charge on any atom is -0.334 e. The number of nitrogens with zero attached hydrogens (tertiary/aromatic N) is 3. The molecule has 0 N–H and O–H groups in total. The van der Waals surface area contributed by atoms with Crippen molar-refractivity contribution in [2.45, 2.75) is 45.6 Å². The predicted octanol–water partition coefficient (Wildman–Crippen LogP) is 4.09. The van der Waals surface area contributed by atoms with Gasteiger partial charge < -0.3 is 4.90 Å². The summed E-state index contributed by atoms with van der Waals surface area (Å²) in [6.45, 7) is 4.23. The van der Waals surface area contributed by atoms with Crippen molar-refractivity contribution in [1.29, 1.82) is 0 Å². The lowest BCUT2D eigenvalue weighted by atomic mass is 9.87. The summed E-state index contributed by atoms with van der Waals surface area (Å²) in [5, 5.41) is 4.32. The van der Waals surface area contributed by atoms with Gasteiger partial charge in [-0.3, -0.25) is 9.59 Å². The molecule has 3 aromatic rings. The van der Waals surface area contributed by atoms with E-state index in [9.17, 15) is 14.0 Å². The van der Waals surface area contributed by atoms with Gasteiger partial charge in [0.05, 0.1) is 0 Å². The van der Waals surface area contributed by atoms with Crippen LogP contribution in [0.2, 0.25) is 0 Å². The predicted molar refractivity (Wildman–Crippen MR) is 118 cm³/mol. The molecule has 0 saturated heterocycles. The van der Waals surface area contributed by atoms with Crippen LogP contribution in [0, 0.1) is 12.7 Å². The van der Waals surface area contributed by atoms with Gasteiger partial charge in [-0.25, -0.2) is 9.07 Å². The van der Waals surface area contributed by atoms with Gasteiger partial charge >= 0.3 is 0 Å². The van der Waals surface area contributed by atoms with Crippen molar-refractivity contribution < 1.29 is 9.18 Å². The van der Waals surface area contributed by atoms with E-state index < -0.39 is 11.2 Å². The Hall–Kier alpha value is -3.28. The number of amides is 1. The van der Waals surface area contributed by atoms with Gasteiger partial charge in [-0.15, -0.1) is 0 Å². The fourth-order valence-electron chi connectivity index (χ4n) is 4.33. The van der Waals surface area contributed by atoms with Crippen LogP contribution in [0.4, 0.5) is 4.39 Å². The Bertz CT molecular complexity index is 1170. The quantitative estimate of drug-likeness (QED) is 0.626. The molecule has 1 atom stereocenters. The molecular formula is C25H26FN3O2. The molecule has 0 spiro atoms. The molecule has 160 valence electrons. The Kier molecular flexibility index (Phi) is 5.98. The molecule has 0 saturated carbocycles. The highest BCUT2D eigenvalue weighted by molar-refractivity contribution is 5.92. The van der Waals surface area contributed by atoms with E-state index in [1.165, 1.54) is 27.9 Å². The van der Waals surface area contributed by atoms with Crippen LogP contribution in [0.3, 0.4) is 0 Å². The van der Waals surface area contributed by atoms with Crippen LogP contribution >= 0.6 is 0 Å². The SMILES string of the molecule is CCCN(C(=O)c1nn(-c2ccccc2F)c(C)cc1=O)C1CCc2ccccc2C1. The van der Waals surface area contributed by atoms with Crippen molar-refractivity contribution in [1.82, 2.24) is 14.7 Å². The first-order chi connectivity index (χ1) is 15.0. The third kappa shape index (κ3) is 4.15. The number of carbonyl (C=O) groups excluding carboxylic acids is 1. The zero-order valence-electron chi connectivity index (χ0n) is 17.8. The van der Waals surface area contributed by atoms with Gasteiger partial charge in [-0.1, -0.05) is 43.3 Å². The van der Waals surface area contributed by atoms with E-state index >= 15 is 0 Å². The largest absolute Gasteiger partial charge is 0.334 e. The second-order valence-corrected chi connectivity index (χ2v) is 8.03. The Morgan fingerprint density at radius 2 is 1.87 bits per heavy atom. The van der Waals surface area contributed by atoms with Gasteiger partial charge in [0.15, 0.2) is 5.69 Å². The molecule has 1 aromatic heterocycles. The summed E-state index contributed by atoms with van der Waals surface area (Å²) >= 11 is 0. The molecule has 0 radical (unpaired) electrons. The minimum atomic E-state index is -0.463. The molecule has 1 aliphatic carbocycles. The summed E-state index contributed by atoms with van der Waals surface area (Å²) < 4.78 is 15.7. The third-order valence-electron chi connectivity index (χ3n) is 5.88. The fourth-order valence-corrected chi connectivity index (χ4v) is 4.33.